The van der Waals surface area contributed by atoms with Gasteiger partial charge < -0.3 is 29.6 Å². The highest BCUT2D eigenvalue weighted by Gasteiger charge is 2.27. The normalized spacial score (nSPS) is 10.0. The van der Waals surface area contributed by atoms with Crippen LogP contribution >= 0.6 is 0 Å². The number of aliphatic carboxylic acids is 1. The largest absolute Gasteiger partial charge is 0.480 e. The summed E-state index contributed by atoms with van der Waals surface area (Å²) >= 11 is 0. The summed E-state index contributed by atoms with van der Waals surface area (Å²) in [5.41, 5.74) is 0. The summed E-state index contributed by atoms with van der Waals surface area (Å²) in [6.45, 7) is 5.40. The molecule has 0 bridgehead atoms. The lowest BCUT2D eigenvalue weighted by Crippen LogP contribution is -2.51. The van der Waals surface area contributed by atoms with Crippen LogP contribution in [0.4, 0.5) is 0 Å². The van der Waals surface area contributed by atoms with Crippen molar-refractivity contribution < 1.29 is 33.9 Å². The van der Waals surface area contributed by atoms with Crippen molar-refractivity contribution >= 4 is 35.5 Å². The van der Waals surface area contributed by atoms with Gasteiger partial charge in [-0.3, -0.25) is 28.8 Å². The van der Waals surface area contributed by atoms with E-state index >= 15 is 0 Å². The molecular weight excluding hydrogens is 506 g/mol. The summed E-state index contributed by atoms with van der Waals surface area (Å²) in [5, 5.41) is 9.05. The number of carboxylic acid groups (broad SMARTS) is 1. The molecule has 0 radical (unpaired) electrons. The maximum Gasteiger partial charge on any atom is 0.323 e. The van der Waals surface area contributed by atoms with Crippen LogP contribution in [-0.2, 0) is 28.8 Å². The molecule has 1 N–H and O–H groups in total. The standard InChI is InChI=1S/C27H41N5O7/c1-7-12-28(22(6)33)17-23(34)29(13-8-2)18-24(35)30(14-9-3)19-25(36)31(15-10-4)20-26(37)32(16-11-5)21-27(38)39/h1,5H,8-10,12-21H2,2-4,6H3,(H,38,39). The molecule has 0 saturated carbocycles. The number of carboxylic acids is 1. The zero-order valence-electron chi connectivity index (χ0n) is 23.5. The van der Waals surface area contributed by atoms with Crippen molar-refractivity contribution in [2.75, 3.05) is 65.4 Å². The van der Waals surface area contributed by atoms with E-state index in [0.717, 1.165) is 4.90 Å². The highest BCUT2D eigenvalue weighted by molar-refractivity contribution is 5.91. The van der Waals surface area contributed by atoms with Crippen LogP contribution in [0.15, 0.2) is 0 Å². The van der Waals surface area contributed by atoms with Crippen molar-refractivity contribution in [3.8, 4) is 24.7 Å². The minimum absolute atomic E-state index is 0.0390. The average Bonchev–Trinajstić information content (AvgIpc) is 2.86. The van der Waals surface area contributed by atoms with Gasteiger partial charge in [-0.15, -0.1) is 12.8 Å². The SMILES string of the molecule is C#CCN(CC(=O)N(CCC)CC(=O)N(CCC)CC(=O)N(CCC)CC(=O)N(CC#C)CC(=O)O)C(C)=O. The van der Waals surface area contributed by atoms with Crippen LogP contribution in [0, 0.1) is 24.7 Å². The zero-order chi connectivity index (χ0) is 30.0. The van der Waals surface area contributed by atoms with Crippen molar-refractivity contribution in [1.29, 1.82) is 0 Å². The van der Waals surface area contributed by atoms with Gasteiger partial charge in [-0.25, -0.2) is 0 Å². The molecule has 0 spiro atoms. The molecule has 5 amide bonds. The number of carbonyl (C=O) groups is 6. The molecule has 0 aromatic rings. The van der Waals surface area contributed by atoms with Crippen LogP contribution in [0.1, 0.15) is 47.0 Å². The van der Waals surface area contributed by atoms with E-state index in [1.54, 1.807) is 0 Å². The molecule has 0 aliphatic heterocycles. The van der Waals surface area contributed by atoms with E-state index in [9.17, 15) is 28.8 Å². The minimum atomic E-state index is -1.23. The Kier molecular flexibility index (Phi) is 17.1. The number of nitrogens with zero attached hydrogens (tertiary/aromatic N) is 5. The molecule has 0 aliphatic rings. The third-order valence-corrected chi connectivity index (χ3v) is 5.53. The number of carbonyl (C=O) groups excluding carboxylic acids is 5. The summed E-state index contributed by atoms with van der Waals surface area (Å²) in [4.78, 5) is 80.9. The van der Waals surface area contributed by atoms with Gasteiger partial charge in [-0.2, -0.15) is 0 Å². The van der Waals surface area contributed by atoms with Gasteiger partial charge in [0.15, 0.2) is 0 Å². The first kappa shape index (κ1) is 34.9. The maximum atomic E-state index is 13.2. The van der Waals surface area contributed by atoms with Gasteiger partial charge in [0.25, 0.3) is 0 Å². The molecule has 0 unspecified atom stereocenters. The second-order valence-corrected chi connectivity index (χ2v) is 8.87. The third kappa shape index (κ3) is 13.3. The van der Waals surface area contributed by atoms with Gasteiger partial charge in [0, 0.05) is 26.6 Å². The number of amides is 5. The third-order valence-electron chi connectivity index (χ3n) is 5.53. The van der Waals surface area contributed by atoms with Crippen molar-refractivity contribution in [2.45, 2.75) is 47.0 Å². The fraction of sp³-hybridized carbons (Fsp3) is 0.630. The first-order chi connectivity index (χ1) is 18.4. The van der Waals surface area contributed by atoms with Crippen LogP contribution in [0.2, 0.25) is 0 Å². The van der Waals surface area contributed by atoms with Gasteiger partial charge >= 0.3 is 5.97 Å². The van der Waals surface area contributed by atoms with Crippen molar-refractivity contribution in [3.63, 3.8) is 0 Å². The maximum absolute atomic E-state index is 13.2. The van der Waals surface area contributed by atoms with Crippen LogP contribution in [0.3, 0.4) is 0 Å². The number of terminal acetylenes is 2. The van der Waals surface area contributed by atoms with Crippen LogP contribution < -0.4 is 0 Å². The van der Waals surface area contributed by atoms with Gasteiger partial charge in [0.05, 0.1) is 32.7 Å². The quantitative estimate of drug-likeness (QED) is 0.233. The molecule has 0 aromatic heterocycles. The number of rotatable bonds is 18. The predicted molar refractivity (Wildman–Crippen MR) is 145 cm³/mol. The Labute approximate surface area is 231 Å². The predicted octanol–water partition coefficient (Wildman–Crippen LogP) is -0.270. The van der Waals surface area contributed by atoms with E-state index in [0.29, 0.717) is 19.3 Å². The van der Waals surface area contributed by atoms with E-state index < -0.39 is 36.1 Å². The summed E-state index contributed by atoms with van der Waals surface area (Å²) in [6, 6.07) is 0. The first-order valence-corrected chi connectivity index (χ1v) is 12.9. The molecule has 0 aromatic carbocycles. The average molecular weight is 548 g/mol. The Morgan fingerprint density at radius 1 is 0.564 bits per heavy atom. The van der Waals surface area contributed by atoms with Crippen LogP contribution in [-0.4, -0.2) is 131 Å². The second-order valence-electron chi connectivity index (χ2n) is 8.87. The molecule has 12 heteroatoms. The van der Waals surface area contributed by atoms with Crippen molar-refractivity contribution in [2.24, 2.45) is 0 Å². The smallest absolute Gasteiger partial charge is 0.323 e. The molecular formula is C27H41N5O7. The lowest BCUT2D eigenvalue weighted by Gasteiger charge is -2.31. The Morgan fingerprint density at radius 3 is 1.15 bits per heavy atom. The Balaban J connectivity index is 5.61. The van der Waals surface area contributed by atoms with Gasteiger partial charge in [-0.1, -0.05) is 32.6 Å². The lowest BCUT2D eigenvalue weighted by molar-refractivity contribution is -0.148. The Bertz CT molecular complexity index is 953. The minimum Gasteiger partial charge on any atom is -0.480 e. The summed E-state index contributed by atoms with van der Waals surface area (Å²) < 4.78 is 0. The van der Waals surface area contributed by atoms with Crippen LogP contribution in [0.25, 0.3) is 0 Å². The van der Waals surface area contributed by atoms with Crippen molar-refractivity contribution in [3.05, 3.63) is 0 Å². The van der Waals surface area contributed by atoms with E-state index in [-0.39, 0.29) is 64.8 Å². The van der Waals surface area contributed by atoms with Gasteiger partial charge in [0.1, 0.15) is 13.1 Å². The fourth-order valence-electron chi connectivity index (χ4n) is 3.63. The number of hydrogen-bond acceptors (Lipinski definition) is 6. The Morgan fingerprint density at radius 2 is 0.872 bits per heavy atom. The molecule has 216 valence electrons. The van der Waals surface area contributed by atoms with Crippen molar-refractivity contribution in [1.82, 2.24) is 24.5 Å². The molecule has 0 aliphatic carbocycles. The van der Waals surface area contributed by atoms with Gasteiger partial charge in [-0.05, 0) is 19.3 Å². The molecule has 0 heterocycles. The lowest BCUT2D eigenvalue weighted by atomic mass is 10.3. The highest BCUT2D eigenvalue weighted by Crippen LogP contribution is 2.05. The summed E-state index contributed by atoms with van der Waals surface area (Å²) in [5.74, 6) is 0.962. The zero-order valence-corrected chi connectivity index (χ0v) is 23.5. The van der Waals surface area contributed by atoms with E-state index in [1.165, 1.54) is 26.5 Å². The monoisotopic (exact) mass is 547 g/mol. The molecule has 39 heavy (non-hydrogen) atoms. The molecule has 0 atom stereocenters. The molecule has 0 saturated heterocycles. The summed E-state index contributed by atoms with van der Waals surface area (Å²) in [7, 11) is 0. The number of hydrogen-bond donors (Lipinski definition) is 1. The topological polar surface area (TPSA) is 139 Å². The highest BCUT2D eigenvalue weighted by atomic mass is 16.4. The van der Waals surface area contributed by atoms with Crippen LogP contribution in [0.5, 0.6) is 0 Å². The fourth-order valence-corrected chi connectivity index (χ4v) is 3.63. The van der Waals surface area contributed by atoms with E-state index in [4.69, 9.17) is 18.0 Å². The Hall–Kier alpha value is -4.06. The summed E-state index contributed by atoms with van der Waals surface area (Å²) in [6.07, 6.45) is 12.2. The molecule has 0 fully saturated rings. The second kappa shape index (κ2) is 19.1. The van der Waals surface area contributed by atoms with E-state index in [2.05, 4.69) is 11.8 Å². The van der Waals surface area contributed by atoms with Gasteiger partial charge in [0.2, 0.25) is 29.5 Å². The molecule has 12 nitrogen and oxygen atoms in total. The first-order valence-electron chi connectivity index (χ1n) is 12.9. The molecule has 0 rings (SSSR count). The van der Waals surface area contributed by atoms with E-state index in [1.807, 2.05) is 20.8 Å².